The fourth-order valence-electron chi connectivity index (χ4n) is 2.03. The van der Waals surface area contributed by atoms with Crippen LogP contribution >= 0.6 is 0 Å². The predicted molar refractivity (Wildman–Crippen MR) is 79.5 cm³/mol. The molecule has 2 nitrogen and oxygen atoms in total. The van der Waals surface area contributed by atoms with Gasteiger partial charge < -0.3 is 10.1 Å². The summed E-state index contributed by atoms with van der Waals surface area (Å²) < 4.78 is 5.84. The molecule has 2 aliphatic rings. The van der Waals surface area contributed by atoms with E-state index in [-0.39, 0.29) is 5.54 Å². The third kappa shape index (κ3) is 3.52. The molecule has 0 unspecified atom stereocenters. The molecule has 0 fully saturated rings. The van der Waals surface area contributed by atoms with E-state index in [0.29, 0.717) is 6.61 Å². The van der Waals surface area contributed by atoms with Gasteiger partial charge in [-0.3, -0.25) is 0 Å². The first-order valence-electron chi connectivity index (χ1n) is 6.73. The lowest BCUT2D eigenvalue weighted by Crippen LogP contribution is -2.47. The first-order valence-corrected chi connectivity index (χ1v) is 6.73. The molecule has 0 radical (unpaired) electrons. The van der Waals surface area contributed by atoms with Crippen molar-refractivity contribution < 1.29 is 4.74 Å². The van der Waals surface area contributed by atoms with Crippen LogP contribution in [0.25, 0.3) is 0 Å². The van der Waals surface area contributed by atoms with Crippen LogP contribution < -0.4 is 5.32 Å². The summed E-state index contributed by atoms with van der Waals surface area (Å²) in [5.41, 5.74) is 5.13. The van der Waals surface area contributed by atoms with Crippen molar-refractivity contribution in [1.82, 2.24) is 5.32 Å². The second-order valence-electron chi connectivity index (χ2n) is 5.15. The first kappa shape index (κ1) is 13.5. The Hall–Kier alpha value is -1.92. The van der Waals surface area contributed by atoms with Crippen LogP contribution in [0.2, 0.25) is 0 Å². The minimum Gasteiger partial charge on any atom is -0.488 e. The molecule has 1 N–H and O–H groups in total. The third-order valence-electron chi connectivity index (χ3n) is 3.06. The zero-order valence-corrected chi connectivity index (χ0v) is 11.9. The summed E-state index contributed by atoms with van der Waals surface area (Å²) in [6, 6.07) is 0. The van der Waals surface area contributed by atoms with Crippen molar-refractivity contribution in [3.05, 3.63) is 65.3 Å². The summed E-state index contributed by atoms with van der Waals surface area (Å²) in [7, 11) is 0. The molecule has 0 amide bonds. The lowest BCUT2D eigenvalue weighted by molar-refractivity contribution is 0.143. The number of nitrogens with one attached hydrogen (secondary N) is 1. The van der Waals surface area contributed by atoms with Crippen molar-refractivity contribution >= 4 is 0 Å². The molecular weight excluding hydrogens is 234 g/mol. The minimum atomic E-state index is -0.175. The Balaban J connectivity index is 2.16. The largest absolute Gasteiger partial charge is 0.488 e. The van der Waals surface area contributed by atoms with Gasteiger partial charge in [0, 0.05) is 6.08 Å². The number of ether oxygens (including phenoxy) is 1. The van der Waals surface area contributed by atoms with Crippen LogP contribution in [0, 0.1) is 0 Å². The van der Waals surface area contributed by atoms with Crippen LogP contribution in [0.3, 0.4) is 0 Å². The second kappa shape index (κ2) is 5.81. The molecule has 0 spiro atoms. The molecule has 1 heterocycles. The van der Waals surface area contributed by atoms with E-state index in [9.17, 15) is 0 Å². The molecule has 2 rings (SSSR count). The van der Waals surface area contributed by atoms with Crippen molar-refractivity contribution in [2.45, 2.75) is 32.7 Å². The maximum absolute atomic E-state index is 5.84. The summed E-state index contributed by atoms with van der Waals surface area (Å²) >= 11 is 0. The Morgan fingerprint density at radius 2 is 2.26 bits per heavy atom. The van der Waals surface area contributed by atoms with E-state index in [1.165, 1.54) is 0 Å². The highest BCUT2D eigenvalue weighted by Gasteiger charge is 2.28. The Bertz CT molecular complexity index is 527. The fraction of sp³-hybridized carbons (Fsp3) is 0.353. The van der Waals surface area contributed by atoms with Gasteiger partial charge in [0.15, 0.2) is 0 Å². The molecule has 0 aromatic rings. The molecule has 1 aliphatic heterocycles. The highest BCUT2D eigenvalue weighted by Crippen LogP contribution is 2.23. The molecule has 0 aromatic heterocycles. The summed E-state index contributed by atoms with van der Waals surface area (Å²) in [5.74, 6) is 0.864. The SMILES string of the molecule is CC/C=C\C=C\[C@]1(C)COC2=C(C=C(C)C=C=C2)N1. The van der Waals surface area contributed by atoms with Crippen LogP contribution in [-0.2, 0) is 4.74 Å². The van der Waals surface area contributed by atoms with Gasteiger partial charge in [-0.2, -0.15) is 0 Å². The van der Waals surface area contributed by atoms with Gasteiger partial charge in [-0.1, -0.05) is 31.2 Å². The van der Waals surface area contributed by atoms with Crippen LogP contribution in [-0.4, -0.2) is 12.1 Å². The smallest absolute Gasteiger partial charge is 0.150 e. The van der Waals surface area contributed by atoms with Crippen LogP contribution in [0.1, 0.15) is 27.2 Å². The van der Waals surface area contributed by atoms with E-state index in [2.05, 4.69) is 62.2 Å². The van der Waals surface area contributed by atoms with Crippen molar-refractivity contribution in [2.24, 2.45) is 0 Å². The molecule has 1 atom stereocenters. The van der Waals surface area contributed by atoms with Gasteiger partial charge in [0.25, 0.3) is 0 Å². The van der Waals surface area contributed by atoms with Crippen molar-refractivity contribution in [2.75, 3.05) is 6.61 Å². The molecule has 0 aromatic carbocycles. The summed E-state index contributed by atoms with van der Waals surface area (Å²) in [6.45, 7) is 6.94. The zero-order valence-electron chi connectivity index (χ0n) is 11.9. The Morgan fingerprint density at radius 1 is 1.42 bits per heavy atom. The van der Waals surface area contributed by atoms with E-state index in [4.69, 9.17) is 4.74 Å². The highest BCUT2D eigenvalue weighted by molar-refractivity contribution is 5.39. The average Bonchev–Trinajstić information content (AvgIpc) is 2.55. The van der Waals surface area contributed by atoms with Crippen LogP contribution in [0.15, 0.2) is 65.3 Å². The minimum absolute atomic E-state index is 0.175. The second-order valence-corrected chi connectivity index (χ2v) is 5.15. The van der Waals surface area contributed by atoms with Gasteiger partial charge in [-0.05, 0) is 38.0 Å². The molecule has 0 saturated carbocycles. The van der Waals surface area contributed by atoms with Crippen LogP contribution in [0.5, 0.6) is 0 Å². The number of hydrogen-bond acceptors (Lipinski definition) is 2. The Kier molecular flexibility index (Phi) is 4.13. The molecule has 0 saturated heterocycles. The van der Waals surface area contributed by atoms with Crippen molar-refractivity contribution in [3.63, 3.8) is 0 Å². The van der Waals surface area contributed by atoms with E-state index >= 15 is 0 Å². The summed E-state index contributed by atoms with van der Waals surface area (Å²) in [5, 5.41) is 3.55. The maximum Gasteiger partial charge on any atom is 0.150 e. The zero-order chi connectivity index (χ0) is 13.7. The molecule has 1 aliphatic carbocycles. The molecule has 19 heavy (non-hydrogen) atoms. The van der Waals surface area contributed by atoms with E-state index < -0.39 is 0 Å². The maximum atomic E-state index is 5.84. The van der Waals surface area contributed by atoms with Gasteiger partial charge in [0.05, 0.1) is 11.2 Å². The van der Waals surface area contributed by atoms with Crippen LogP contribution in [0.4, 0.5) is 0 Å². The van der Waals surface area contributed by atoms with Gasteiger partial charge in [-0.25, -0.2) is 0 Å². The predicted octanol–water partition coefficient (Wildman–Crippen LogP) is 3.77. The van der Waals surface area contributed by atoms with E-state index in [1.54, 1.807) is 0 Å². The normalized spacial score (nSPS) is 26.2. The number of allylic oxidation sites excluding steroid dienone is 6. The monoisotopic (exact) mass is 255 g/mol. The fourth-order valence-corrected chi connectivity index (χ4v) is 2.03. The molecular formula is C17H21NO. The van der Waals surface area contributed by atoms with Crippen molar-refractivity contribution in [1.29, 1.82) is 0 Å². The first-order chi connectivity index (χ1) is 9.13. The van der Waals surface area contributed by atoms with Gasteiger partial charge in [0.2, 0.25) is 0 Å². The van der Waals surface area contributed by atoms with E-state index in [1.807, 2.05) is 12.2 Å². The quantitative estimate of drug-likeness (QED) is 0.612. The molecule has 0 bridgehead atoms. The number of rotatable bonds is 3. The number of hydrogen-bond donors (Lipinski definition) is 1. The topological polar surface area (TPSA) is 21.3 Å². The lowest BCUT2D eigenvalue weighted by Gasteiger charge is -2.34. The molecule has 2 heteroatoms. The summed E-state index contributed by atoms with van der Waals surface area (Å²) in [6.07, 6.45) is 15.4. The standard InChI is InChI=1S/C17H21NO/c1-4-5-6-7-11-17(3)13-19-16-10-8-9-14(2)12-15(16)18-17/h5-7,9-12,18H,4,13H2,1-3H3/b6-5-,11-7+/t17-/m1/s1. The Morgan fingerprint density at radius 3 is 3.05 bits per heavy atom. The highest BCUT2D eigenvalue weighted by atomic mass is 16.5. The Labute approximate surface area is 115 Å². The van der Waals surface area contributed by atoms with E-state index in [0.717, 1.165) is 23.5 Å². The molecule has 100 valence electrons. The summed E-state index contributed by atoms with van der Waals surface area (Å²) in [4.78, 5) is 0. The third-order valence-corrected chi connectivity index (χ3v) is 3.06. The van der Waals surface area contributed by atoms with Gasteiger partial charge >= 0.3 is 0 Å². The van der Waals surface area contributed by atoms with Crippen molar-refractivity contribution in [3.8, 4) is 0 Å². The van der Waals surface area contributed by atoms with Gasteiger partial charge in [-0.15, -0.1) is 5.73 Å². The lowest BCUT2D eigenvalue weighted by atomic mass is 10.00. The average molecular weight is 255 g/mol. The van der Waals surface area contributed by atoms with Gasteiger partial charge in [0.1, 0.15) is 12.4 Å².